The monoisotopic (exact) mass is 373 g/mol. The highest BCUT2D eigenvalue weighted by atomic mass is 16.4. The van der Waals surface area contributed by atoms with E-state index >= 15 is 0 Å². The minimum Gasteiger partial charge on any atom is -0.481 e. The summed E-state index contributed by atoms with van der Waals surface area (Å²) in [4.78, 5) is 38.5. The Bertz CT molecular complexity index is 826. The molecular formula is C20H27N3O4. The molecule has 0 radical (unpaired) electrons. The number of amides is 2. The van der Waals surface area contributed by atoms with E-state index in [1.807, 2.05) is 24.3 Å². The van der Waals surface area contributed by atoms with Crippen LogP contribution >= 0.6 is 0 Å². The molecule has 1 atom stereocenters. The SMILES string of the molecule is CNC(=O)[C@H](Cc1c(CC(C)C)[nH]c2ccccc12)NC(=O)CCC(=O)O. The number of H-pyrrole nitrogens is 1. The molecule has 7 nitrogen and oxygen atoms in total. The standard InChI is InChI=1S/C20H27N3O4/c1-12(2)10-16-14(13-6-4-5-7-15(13)22-16)11-17(20(27)21-3)23-18(24)8-9-19(25)26/h4-7,12,17,22H,8-11H2,1-3H3,(H,21,27)(H,23,24)(H,25,26)/t17-/m0/s1. The lowest BCUT2D eigenvalue weighted by molar-refractivity contribution is -0.139. The quantitative estimate of drug-likeness (QED) is 0.539. The molecule has 1 aromatic heterocycles. The number of carbonyl (C=O) groups is 3. The molecule has 0 aliphatic rings. The van der Waals surface area contributed by atoms with Crippen molar-refractivity contribution >= 4 is 28.7 Å². The van der Waals surface area contributed by atoms with Gasteiger partial charge < -0.3 is 20.7 Å². The van der Waals surface area contributed by atoms with Gasteiger partial charge in [-0.25, -0.2) is 0 Å². The average molecular weight is 373 g/mol. The Labute approximate surface area is 158 Å². The number of likely N-dealkylation sites (N-methyl/N-ethyl adjacent to an activating group) is 1. The third-order valence-corrected chi connectivity index (χ3v) is 4.39. The summed E-state index contributed by atoms with van der Waals surface area (Å²) in [6.45, 7) is 4.25. The van der Waals surface area contributed by atoms with Crippen LogP contribution < -0.4 is 10.6 Å². The molecule has 0 unspecified atom stereocenters. The lowest BCUT2D eigenvalue weighted by atomic mass is 9.97. The van der Waals surface area contributed by atoms with E-state index in [1.54, 1.807) is 0 Å². The number of rotatable bonds is 9. The molecule has 27 heavy (non-hydrogen) atoms. The number of fused-ring (bicyclic) bond motifs is 1. The van der Waals surface area contributed by atoms with Crippen LogP contribution in [0.2, 0.25) is 0 Å². The van der Waals surface area contributed by atoms with Gasteiger partial charge >= 0.3 is 5.97 Å². The molecule has 0 aliphatic heterocycles. The first-order valence-electron chi connectivity index (χ1n) is 9.13. The largest absolute Gasteiger partial charge is 0.481 e. The number of carbonyl (C=O) groups excluding carboxylic acids is 2. The molecular weight excluding hydrogens is 346 g/mol. The Kier molecular flexibility index (Phi) is 6.98. The van der Waals surface area contributed by atoms with Crippen molar-refractivity contribution in [2.24, 2.45) is 5.92 Å². The summed E-state index contributed by atoms with van der Waals surface area (Å²) in [7, 11) is 1.52. The van der Waals surface area contributed by atoms with Crippen LogP contribution in [0.1, 0.15) is 37.9 Å². The van der Waals surface area contributed by atoms with Crippen LogP contribution in [0.5, 0.6) is 0 Å². The Hall–Kier alpha value is -2.83. The van der Waals surface area contributed by atoms with Gasteiger partial charge in [0.15, 0.2) is 0 Å². The molecule has 1 heterocycles. The number of para-hydroxylation sites is 1. The lowest BCUT2D eigenvalue weighted by Crippen LogP contribution is -2.47. The van der Waals surface area contributed by atoms with Crippen LogP contribution in [0.3, 0.4) is 0 Å². The molecule has 1 aromatic carbocycles. The number of carboxylic acids is 1. The summed E-state index contributed by atoms with van der Waals surface area (Å²) in [5.41, 5.74) is 3.06. The highest BCUT2D eigenvalue weighted by molar-refractivity contribution is 5.90. The number of aromatic amines is 1. The molecule has 146 valence electrons. The maximum atomic E-state index is 12.3. The molecule has 0 fully saturated rings. The maximum absolute atomic E-state index is 12.3. The molecule has 2 aromatic rings. The number of benzene rings is 1. The van der Waals surface area contributed by atoms with Crippen LogP contribution in [0.4, 0.5) is 0 Å². The topological polar surface area (TPSA) is 111 Å². The smallest absolute Gasteiger partial charge is 0.303 e. The van der Waals surface area contributed by atoms with Gasteiger partial charge in [0.1, 0.15) is 6.04 Å². The summed E-state index contributed by atoms with van der Waals surface area (Å²) >= 11 is 0. The van der Waals surface area contributed by atoms with Crippen LogP contribution in [0, 0.1) is 5.92 Å². The van der Waals surface area contributed by atoms with E-state index in [9.17, 15) is 14.4 Å². The van der Waals surface area contributed by atoms with Crippen LogP contribution in [-0.2, 0) is 27.2 Å². The zero-order valence-electron chi connectivity index (χ0n) is 16.0. The fourth-order valence-corrected chi connectivity index (χ4v) is 3.15. The van der Waals surface area contributed by atoms with Crippen molar-refractivity contribution in [1.82, 2.24) is 15.6 Å². The van der Waals surface area contributed by atoms with Crippen molar-refractivity contribution in [2.45, 2.75) is 45.6 Å². The summed E-state index contributed by atoms with van der Waals surface area (Å²) in [6.07, 6.45) is 0.746. The van der Waals surface area contributed by atoms with Gasteiger partial charge in [-0.2, -0.15) is 0 Å². The minimum absolute atomic E-state index is 0.157. The van der Waals surface area contributed by atoms with Gasteiger partial charge in [0.05, 0.1) is 6.42 Å². The zero-order chi connectivity index (χ0) is 20.0. The van der Waals surface area contributed by atoms with Gasteiger partial charge in [-0.15, -0.1) is 0 Å². The lowest BCUT2D eigenvalue weighted by Gasteiger charge is -2.18. The van der Waals surface area contributed by atoms with Crippen molar-refractivity contribution in [3.05, 3.63) is 35.5 Å². The first-order valence-corrected chi connectivity index (χ1v) is 9.13. The number of nitrogens with one attached hydrogen (secondary N) is 3. The molecule has 0 bridgehead atoms. The maximum Gasteiger partial charge on any atom is 0.303 e. The van der Waals surface area contributed by atoms with Crippen molar-refractivity contribution in [3.8, 4) is 0 Å². The molecule has 4 N–H and O–H groups in total. The number of aliphatic carboxylic acids is 1. The average Bonchev–Trinajstić information content (AvgIpc) is 2.95. The minimum atomic E-state index is -1.04. The first-order chi connectivity index (χ1) is 12.8. The molecule has 0 saturated carbocycles. The van der Waals surface area contributed by atoms with Crippen molar-refractivity contribution in [1.29, 1.82) is 0 Å². The molecule has 7 heteroatoms. The van der Waals surface area contributed by atoms with Gasteiger partial charge in [0.2, 0.25) is 11.8 Å². The van der Waals surface area contributed by atoms with Gasteiger partial charge in [-0.1, -0.05) is 32.0 Å². The van der Waals surface area contributed by atoms with E-state index < -0.39 is 17.9 Å². The van der Waals surface area contributed by atoms with Gasteiger partial charge in [-0.05, 0) is 24.0 Å². The normalized spacial score (nSPS) is 12.1. The van der Waals surface area contributed by atoms with E-state index in [0.717, 1.165) is 28.6 Å². The molecule has 2 rings (SSSR count). The van der Waals surface area contributed by atoms with E-state index in [2.05, 4.69) is 29.5 Å². The second kappa shape index (κ2) is 9.21. The number of hydrogen-bond acceptors (Lipinski definition) is 3. The van der Waals surface area contributed by atoms with Gasteiger partial charge in [0.25, 0.3) is 0 Å². The summed E-state index contributed by atoms with van der Waals surface area (Å²) in [6, 6.07) is 7.12. The van der Waals surface area contributed by atoms with Crippen molar-refractivity contribution in [3.63, 3.8) is 0 Å². The highest BCUT2D eigenvalue weighted by Crippen LogP contribution is 2.26. The molecule has 0 spiro atoms. The summed E-state index contributed by atoms with van der Waals surface area (Å²) < 4.78 is 0. The van der Waals surface area contributed by atoms with Gasteiger partial charge in [0, 0.05) is 36.5 Å². The highest BCUT2D eigenvalue weighted by Gasteiger charge is 2.24. The Balaban J connectivity index is 2.29. The molecule has 2 amide bonds. The summed E-state index contributed by atoms with van der Waals surface area (Å²) in [5, 5.41) is 15.0. The predicted octanol–water partition coefficient (Wildman–Crippen LogP) is 2.00. The Morgan fingerprint density at radius 1 is 1.11 bits per heavy atom. The van der Waals surface area contributed by atoms with Gasteiger partial charge in [-0.3, -0.25) is 14.4 Å². The second-order valence-electron chi connectivity index (χ2n) is 7.06. The van der Waals surface area contributed by atoms with Crippen LogP contribution in [-0.4, -0.2) is 41.0 Å². The fourth-order valence-electron chi connectivity index (χ4n) is 3.15. The number of hydrogen-bond donors (Lipinski definition) is 4. The second-order valence-corrected chi connectivity index (χ2v) is 7.06. The van der Waals surface area contributed by atoms with Crippen molar-refractivity contribution in [2.75, 3.05) is 7.05 Å². The van der Waals surface area contributed by atoms with E-state index in [-0.39, 0.29) is 18.7 Å². The fraction of sp³-hybridized carbons (Fsp3) is 0.450. The third kappa shape index (κ3) is 5.57. The van der Waals surface area contributed by atoms with E-state index in [0.29, 0.717) is 12.3 Å². The summed E-state index contributed by atoms with van der Waals surface area (Å²) in [5.74, 6) is -1.37. The molecule has 0 saturated heterocycles. The van der Waals surface area contributed by atoms with Crippen LogP contribution in [0.25, 0.3) is 10.9 Å². The van der Waals surface area contributed by atoms with E-state index in [4.69, 9.17) is 5.11 Å². The van der Waals surface area contributed by atoms with Crippen LogP contribution in [0.15, 0.2) is 24.3 Å². The zero-order valence-corrected chi connectivity index (χ0v) is 16.0. The first kappa shape index (κ1) is 20.5. The Morgan fingerprint density at radius 2 is 1.81 bits per heavy atom. The third-order valence-electron chi connectivity index (χ3n) is 4.39. The molecule has 0 aliphatic carbocycles. The van der Waals surface area contributed by atoms with Crippen molar-refractivity contribution < 1.29 is 19.5 Å². The number of aromatic nitrogens is 1. The number of carboxylic acid groups (broad SMARTS) is 1. The predicted molar refractivity (Wildman–Crippen MR) is 103 cm³/mol. The Morgan fingerprint density at radius 3 is 2.44 bits per heavy atom. The van der Waals surface area contributed by atoms with E-state index in [1.165, 1.54) is 7.05 Å².